The van der Waals surface area contributed by atoms with Crippen molar-refractivity contribution in [2.45, 2.75) is 27.7 Å². The molecule has 0 amide bonds. The maximum atomic E-state index is 12.2. The first-order valence-corrected chi connectivity index (χ1v) is 8.91. The molecule has 0 aromatic heterocycles. The highest BCUT2D eigenvalue weighted by atomic mass is 19.1. The van der Waals surface area contributed by atoms with Gasteiger partial charge in [-0.25, -0.2) is 13.2 Å². The van der Waals surface area contributed by atoms with Crippen LogP contribution >= 0.6 is 0 Å². The van der Waals surface area contributed by atoms with E-state index in [0.29, 0.717) is 5.69 Å². The van der Waals surface area contributed by atoms with Gasteiger partial charge < -0.3 is 17.2 Å². The summed E-state index contributed by atoms with van der Waals surface area (Å²) in [5.41, 5.74) is 16.4. The number of rotatable bonds is 0. The van der Waals surface area contributed by atoms with Gasteiger partial charge in [0.1, 0.15) is 17.5 Å². The summed E-state index contributed by atoms with van der Waals surface area (Å²) < 4.78 is 36.5. The zero-order chi connectivity index (χ0) is 21.9. The second kappa shape index (κ2) is 17.3. The number of halogens is 3. The fourth-order valence-electron chi connectivity index (χ4n) is 1.46. The van der Waals surface area contributed by atoms with E-state index in [1.165, 1.54) is 36.4 Å². The number of para-hydroxylation sites is 2. The van der Waals surface area contributed by atoms with Crippen LogP contribution in [0, 0.1) is 17.5 Å². The van der Waals surface area contributed by atoms with Crippen LogP contribution < -0.4 is 17.2 Å². The minimum absolute atomic E-state index is 0.201. The maximum Gasteiger partial charge on any atom is 0.146 e. The molecule has 0 heterocycles. The van der Waals surface area contributed by atoms with Gasteiger partial charge in [-0.3, -0.25) is 0 Å². The van der Waals surface area contributed by atoms with Crippen LogP contribution in [0.25, 0.3) is 0 Å². The van der Waals surface area contributed by atoms with Crippen LogP contribution in [0.2, 0.25) is 0 Å². The molecule has 0 saturated carbocycles. The summed E-state index contributed by atoms with van der Waals surface area (Å²) in [5.74, 6) is -0.995. The van der Waals surface area contributed by atoms with Gasteiger partial charge in [-0.15, -0.1) is 0 Å². The molecule has 154 valence electrons. The van der Waals surface area contributed by atoms with Crippen LogP contribution in [0.3, 0.4) is 0 Å². The monoisotopic (exact) mass is 393 g/mol. The molecule has 28 heavy (non-hydrogen) atoms. The normalized spacial score (nSPS) is 8.25. The van der Waals surface area contributed by atoms with E-state index in [4.69, 9.17) is 17.2 Å². The van der Waals surface area contributed by atoms with E-state index < -0.39 is 0 Å². The van der Waals surface area contributed by atoms with Gasteiger partial charge >= 0.3 is 0 Å². The first-order valence-electron chi connectivity index (χ1n) is 8.91. The second-order valence-corrected chi connectivity index (χ2v) is 4.60. The van der Waals surface area contributed by atoms with Gasteiger partial charge in [-0.2, -0.15) is 0 Å². The predicted molar refractivity (Wildman–Crippen MR) is 115 cm³/mol. The van der Waals surface area contributed by atoms with Crippen LogP contribution in [-0.4, -0.2) is 0 Å². The highest BCUT2D eigenvalue weighted by Gasteiger charge is 1.90. The summed E-state index contributed by atoms with van der Waals surface area (Å²) >= 11 is 0. The quantitative estimate of drug-likeness (QED) is 0.394. The van der Waals surface area contributed by atoms with Crippen molar-refractivity contribution in [3.05, 3.63) is 90.2 Å². The number of anilines is 3. The Hall–Kier alpha value is -3.15. The number of nitrogen functional groups attached to an aromatic ring is 3. The molecule has 0 fully saturated rings. The van der Waals surface area contributed by atoms with Crippen LogP contribution in [0.4, 0.5) is 30.2 Å². The van der Waals surface area contributed by atoms with Gasteiger partial charge in [0.25, 0.3) is 0 Å². The third kappa shape index (κ3) is 13.1. The van der Waals surface area contributed by atoms with Crippen molar-refractivity contribution in [3.63, 3.8) is 0 Å². The maximum absolute atomic E-state index is 12.2. The Morgan fingerprint density at radius 2 is 0.929 bits per heavy atom. The van der Waals surface area contributed by atoms with E-state index in [9.17, 15) is 13.2 Å². The van der Waals surface area contributed by atoms with Crippen molar-refractivity contribution in [3.8, 4) is 0 Å². The molecule has 0 atom stereocenters. The highest BCUT2D eigenvalue weighted by molar-refractivity contribution is 5.39. The Balaban J connectivity index is 0. The van der Waals surface area contributed by atoms with Gasteiger partial charge in [-0.05, 0) is 42.5 Å². The molecule has 6 N–H and O–H groups in total. The minimum atomic E-state index is -0.354. The Morgan fingerprint density at radius 1 is 0.536 bits per heavy atom. The molecule has 0 radical (unpaired) electrons. The molecule has 6 heteroatoms. The average molecular weight is 393 g/mol. The summed E-state index contributed by atoms with van der Waals surface area (Å²) in [6.45, 7) is 8.00. The second-order valence-electron chi connectivity index (χ2n) is 4.60. The number of benzene rings is 3. The molecule has 3 rings (SSSR count). The summed E-state index contributed by atoms with van der Waals surface area (Å²) in [7, 11) is 0. The smallest absolute Gasteiger partial charge is 0.146 e. The van der Waals surface area contributed by atoms with E-state index in [1.54, 1.807) is 36.4 Å². The van der Waals surface area contributed by atoms with E-state index in [2.05, 4.69) is 0 Å². The van der Waals surface area contributed by atoms with Gasteiger partial charge in [0.2, 0.25) is 0 Å². The summed E-state index contributed by atoms with van der Waals surface area (Å²) in [4.78, 5) is 0. The standard InChI is InChI=1S/3C6H6FN.2C2H6/c7-5-2-1-3-6(8)4-5;2*7-5-3-1-2-4-6(5)8;2*1-2/h3*1-4H,8H2;2*1-2H3. The minimum Gasteiger partial charge on any atom is -0.399 e. The molecule has 0 spiro atoms. The third-order valence-corrected chi connectivity index (χ3v) is 2.66. The van der Waals surface area contributed by atoms with Crippen LogP contribution in [0.15, 0.2) is 72.8 Å². The molecule has 0 aliphatic rings. The zero-order valence-electron chi connectivity index (χ0n) is 16.8. The molecule has 0 aliphatic heterocycles. The molecule has 3 aromatic carbocycles. The fraction of sp³-hybridized carbons (Fsp3) is 0.182. The van der Waals surface area contributed by atoms with Crippen molar-refractivity contribution in [1.82, 2.24) is 0 Å². The summed E-state index contributed by atoms with van der Waals surface area (Å²) in [5, 5.41) is 0. The van der Waals surface area contributed by atoms with Crippen molar-refractivity contribution in [2.75, 3.05) is 17.2 Å². The topological polar surface area (TPSA) is 78.1 Å². The summed E-state index contributed by atoms with van der Waals surface area (Å²) in [6, 6.07) is 18.1. The van der Waals surface area contributed by atoms with Crippen molar-refractivity contribution in [2.24, 2.45) is 0 Å². The Labute approximate surface area is 166 Å². The van der Waals surface area contributed by atoms with E-state index >= 15 is 0 Å². The molecule has 0 unspecified atom stereocenters. The SMILES string of the molecule is CC.CC.Nc1cccc(F)c1.Nc1ccccc1F.Nc1ccccc1F. The Kier molecular flexibility index (Phi) is 16.7. The average Bonchev–Trinajstić information content (AvgIpc) is 2.70. The van der Waals surface area contributed by atoms with Gasteiger partial charge in [0.15, 0.2) is 0 Å². The van der Waals surface area contributed by atoms with Crippen molar-refractivity contribution in [1.29, 1.82) is 0 Å². The Morgan fingerprint density at radius 3 is 1.14 bits per heavy atom. The van der Waals surface area contributed by atoms with Crippen LogP contribution in [-0.2, 0) is 0 Å². The van der Waals surface area contributed by atoms with Crippen molar-refractivity contribution >= 4 is 17.1 Å². The number of nitrogens with two attached hydrogens (primary N) is 3. The van der Waals surface area contributed by atoms with Crippen molar-refractivity contribution < 1.29 is 13.2 Å². The lowest BCUT2D eigenvalue weighted by molar-refractivity contribution is 0.628. The lowest BCUT2D eigenvalue weighted by Gasteiger charge is -1.89. The third-order valence-electron chi connectivity index (χ3n) is 2.66. The first kappa shape index (κ1) is 27.1. The van der Waals surface area contributed by atoms with Crippen LogP contribution in [0.5, 0.6) is 0 Å². The number of hydrogen-bond acceptors (Lipinski definition) is 3. The predicted octanol–water partition coefficient (Wildman–Crippen LogP) is 6.28. The molecule has 0 saturated heterocycles. The fourth-order valence-corrected chi connectivity index (χ4v) is 1.46. The van der Waals surface area contributed by atoms with Crippen LogP contribution in [0.1, 0.15) is 27.7 Å². The van der Waals surface area contributed by atoms with Gasteiger partial charge in [0, 0.05) is 5.69 Å². The van der Waals surface area contributed by atoms with E-state index in [1.807, 2.05) is 27.7 Å². The largest absolute Gasteiger partial charge is 0.399 e. The van der Waals surface area contributed by atoms with E-state index in [0.717, 1.165) is 0 Å². The molecule has 0 aliphatic carbocycles. The molecule has 0 bridgehead atoms. The molecular weight excluding hydrogens is 363 g/mol. The Bertz CT molecular complexity index is 663. The summed E-state index contributed by atoms with van der Waals surface area (Å²) in [6.07, 6.45) is 0. The zero-order valence-corrected chi connectivity index (χ0v) is 16.8. The molecule has 3 nitrogen and oxygen atoms in total. The molecule has 3 aromatic rings. The lowest BCUT2D eigenvalue weighted by atomic mass is 10.3. The first-order chi connectivity index (χ1) is 13.4. The highest BCUT2D eigenvalue weighted by Crippen LogP contribution is 2.06. The lowest BCUT2D eigenvalue weighted by Crippen LogP contribution is -1.86. The molecular formula is C22H30F3N3. The number of hydrogen-bond donors (Lipinski definition) is 3. The van der Waals surface area contributed by atoms with E-state index in [-0.39, 0.29) is 28.8 Å². The van der Waals surface area contributed by atoms with Gasteiger partial charge in [0.05, 0.1) is 11.4 Å². The van der Waals surface area contributed by atoms with Gasteiger partial charge in [-0.1, -0.05) is 58.0 Å².